The maximum Gasteiger partial charge on any atom is 0.142 e. The van der Waals surface area contributed by atoms with E-state index in [1.807, 2.05) is 30.3 Å². The summed E-state index contributed by atoms with van der Waals surface area (Å²) in [5, 5.41) is 6.46. The second-order valence-electron chi connectivity index (χ2n) is 4.62. The Morgan fingerprint density at radius 2 is 2.10 bits per heavy atom. The first kappa shape index (κ1) is 14.2. The van der Waals surface area contributed by atoms with Crippen LogP contribution in [0.2, 0.25) is 0 Å². The van der Waals surface area contributed by atoms with E-state index in [-0.39, 0.29) is 0 Å². The van der Waals surface area contributed by atoms with Crippen molar-refractivity contribution in [3.05, 3.63) is 63.7 Å². The molecule has 0 aliphatic carbocycles. The number of benzene rings is 1. The number of nitrogens with one attached hydrogen (secondary N) is 1. The highest BCUT2D eigenvalue weighted by Crippen LogP contribution is 2.25. The van der Waals surface area contributed by atoms with Crippen LogP contribution in [0.5, 0.6) is 0 Å². The summed E-state index contributed by atoms with van der Waals surface area (Å²) >= 11 is 5.17. The summed E-state index contributed by atoms with van der Waals surface area (Å²) in [5.41, 5.74) is 4.28. The fourth-order valence-electron chi connectivity index (χ4n) is 1.98. The Labute approximate surface area is 136 Å². The summed E-state index contributed by atoms with van der Waals surface area (Å²) < 4.78 is 1.11. The van der Waals surface area contributed by atoms with Gasteiger partial charge < -0.3 is 5.32 Å². The maximum absolute atomic E-state index is 4.63. The smallest absolute Gasteiger partial charge is 0.142 e. The largest absolute Gasteiger partial charge is 0.379 e. The van der Waals surface area contributed by atoms with Crippen LogP contribution in [0.4, 0.5) is 5.69 Å². The first-order valence-corrected chi connectivity index (χ1v) is 8.26. The Morgan fingerprint density at radius 3 is 2.90 bits per heavy atom. The van der Waals surface area contributed by atoms with Gasteiger partial charge in [-0.3, -0.25) is 4.98 Å². The van der Waals surface area contributed by atoms with Crippen LogP contribution in [0.1, 0.15) is 11.3 Å². The Bertz CT molecular complexity index is 740. The van der Waals surface area contributed by atoms with Crippen molar-refractivity contribution in [3.8, 4) is 10.7 Å². The Hall–Kier alpha value is -1.72. The van der Waals surface area contributed by atoms with Crippen LogP contribution in [0.3, 0.4) is 0 Å². The van der Waals surface area contributed by atoms with Crippen molar-refractivity contribution in [2.75, 3.05) is 5.32 Å². The van der Waals surface area contributed by atoms with Crippen LogP contribution in [-0.2, 0) is 6.54 Å². The summed E-state index contributed by atoms with van der Waals surface area (Å²) in [6.45, 7) is 2.80. The number of aromatic nitrogens is 2. The van der Waals surface area contributed by atoms with Crippen molar-refractivity contribution >= 4 is 33.0 Å². The van der Waals surface area contributed by atoms with E-state index in [0.29, 0.717) is 6.54 Å². The number of halogens is 1. The van der Waals surface area contributed by atoms with Gasteiger partial charge >= 0.3 is 0 Å². The van der Waals surface area contributed by atoms with Gasteiger partial charge in [0.25, 0.3) is 0 Å². The quantitative estimate of drug-likeness (QED) is 0.720. The Kier molecular flexibility index (Phi) is 4.31. The number of hydrogen-bond donors (Lipinski definition) is 1. The molecule has 1 N–H and O–H groups in total. The second kappa shape index (κ2) is 6.37. The zero-order valence-corrected chi connectivity index (χ0v) is 13.9. The van der Waals surface area contributed by atoms with Crippen LogP contribution in [0, 0.1) is 6.92 Å². The number of nitrogens with zero attached hydrogens (tertiary/aromatic N) is 2. The molecule has 3 rings (SSSR count). The van der Waals surface area contributed by atoms with Crippen LogP contribution < -0.4 is 5.32 Å². The lowest BCUT2D eigenvalue weighted by Crippen LogP contribution is -2.01. The molecule has 0 radical (unpaired) electrons. The lowest BCUT2D eigenvalue weighted by atomic mass is 10.2. The average Bonchev–Trinajstić information content (AvgIpc) is 2.99. The highest BCUT2D eigenvalue weighted by molar-refractivity contribution is 9.10. The molecule has 0 saturated carbocycles. The number of thiazole rings is 1. The molecule has 0 spiro atoms. The molecule has 0 bridgehead atoms. The molecule has 2 heterocycles. The molecule has 0 aliphatic heterocycles. The van der Waals surface area contributed by atoms with Crippen LogP contribution in [-0.4, -0.2) is 9.97 Å². The monoisotopic (exact) mass is 359 g/mol. The van der Waals surface area contributed by atoms with Gasteiger partial charge in [0.15, 0.2) is 0 Å². The minimum absolute atomic E-state index is 0.709. The van der Waals surface area contributed by atoms with Crippen molar-refractivity contribution < 1.29 is 0 Å². The standard InChI is InChI=1S/C16H14BrN3S/c1-11-13(17)5-4-7-14(11)19-9-12-10-21-16(20-12)15-6-2-3-8-18-15/h2-8,10,19H,9H2,1H3. The first-order chi connectivity index (χ1) is 10.2. The first-order valence-electron chi connectivity index (χ1n) is 6.59. The fourth-order valence-corrected chi connectivity index (χ4v) is 3.14. The SMILES string of the molecule is Cc1c(Br)cccc1NCc1csc(-c2ccccn2)n1. The molecule has 2 aromatic heterocycles. The van der Waals surface area contributed by atoms with Crippen LogP contribution >= 0.6 is 27.3 Å². The molecule has 0 amide bonds. The lowest BCUT2D eigenvalue weighted by molar-refractivity contribution is 1.07. The number of pyridine rings is 1. The van der Waals surface area contributed by atoms with E-state index in [9.17, 15) is 0 Å². The van der Waals surface area contributed by atoms with Crippen molar-refractivity contribution in [2.24, 2.45) is 0 Å². The van der Waals surface area contributed by atoms with E-state index >= 15 is 0 Å². The van der Waals surface area contributed by atoms with Gasteiger partial charge in [0.05, 0.1) is 17.9 Å². The molecular weight excluding hydrogens is 346 g/mol. The lowest BCUT2D eigenvalue weighted by Gasteiger charge is -2.09. The van der Waals surface area contributed by atoms with Crippen LogP contribution in [0.15, 0.2) is 52.4 Å². The van der Waals surface area contributed by atoms with E-state index in [0.717, 1.165) is 26.6 Å². The molecule has 0 unspecified atom stereocenters. The summed E-state index contributed by atoms with van der Waals surface area (Å²) in [6, 6.07) is 12.0. The third-order valence-electron chi connectivity index (χ3n) is 3.16. The van der Waals surface area contributed by atoms with Gasteiger partial charge in [-0.1, -0.05) is 28.1 Å². The highest BCUT2D eigenvalue weighted by Gasteiger charge is 2.06. The van der Waals surface area contributed by atoms with E-state index in [1.54, 1.807) is 17.5 Å². The Morgan fingerprint density at radius 1 is 1.19 bits per heavy atom. The minimum atomic E-state index is 0.709. The number of rotatable bonds is 4. The molecule has 5 heteroatoms. The van der Waals surface area contributed by atoms with Gasteiger partial charge in [0.2, 0.25) is 0 Å². The summed E-state index contributed by atoms with van der Waals surface area (Å²) in [6.07, 6.45) is 1.79. The number of anilines is 1. The maximum atomic E-state index is 4.63. The van der Waals surface area contributed by atoms with Crippen molar-refractivity contribution in [3.63, 3.8) is 0 Å². The third kappa shape index (κ3) is 3.31. The predicted octanol–water partition coefficient (Wildman–Crippen LogP) is 4.89. The van der Waals surface area contributed by atoms with Gasteiger partial charge in [-0.2, -0.15) is 0 Å². The highest BCUT2D eigenvalue weighted by atomic mass is 79.9. The number of hydrogen-bond acceptors (Lipinski definition) is 4. The van der Waals surface area contributed by atoms with Gasteiger partial charge in [0.1, 0.15) is 5.01 Å². The van der Waals surface area contributed by atoms with Crippen molar-refractivity contribution in [1.29, 1.82) is 0 Å². The van der Waals surface area contributed by atoms with Crippen LogP contribution in [0.25, 0.3) is 10.7 Å². The molecule has 3 nitrogen and oxygen atoms in total. The van der Waals surface area contributed by atoms with Gasteiger partial charge in [-0.25, -0.2) is 4.98 Å². The van der Waals surface area contributed by atoms with Gasteiger partial charge in [-0.15, -0.1) is 11.3 Å². The Balaban J connectivity index is 1.72. The molecular formula is C16H14BrN3S. The molecule has 0 saturated heterocycles. The zero-order chi connectivity index (χ0) is 14.7. The van der Waals surface area contributed by atoms with Crippen molar-refractivity contribution in [2.45, 2.75) is 13.5 Å². The third-order valence-corrected chi connectivity index (χ3v) is 4.94. The van der Waals surface area contributed by atoms with Crippen molar-refractivity contribution in [1.82, 2.24) is 9.97 Å². The summed E-state index contributed by atoms with van der Waals surface area (Å²) in [4.78, 5) is 8.96. The molecule has 1 aromatic carbocycles. The van der Waals surface area contributed by atoms with E-state index < -0.39 is 0 Å². The summed E-state index contributed by atoms with van der Waals surface area (Å²) in [5.74, 6) is 0. The average molecular weight is 360 g/mol. The second-order valence-corrected chi connectivity index (χ2v) is 6.34. The molecule has 0 aliphatic rings. The fraction of sp³-hybridized carbons (Fsp3) is 0.125. The molecule has 0 fully saturated rings. The van der Waals surface area contributed by atoms with E-state index in [4.69, 9.17) is 0 Å². The molecule has 106 valence electrons. The molecule has 21 heavy (non-hydrogen) atoms. The van der Waals surface area contributed by atoms with E-state index in [1.165, 1.54) is 5.56 Å². The molecule has 3 aromatic rings. The molecule has 0 atom stereocenters. The predicted molar refractivity (Wildman–Crippen MR) is 91.6 cm³/mol. The van der Waals surface area contributed by atoms with Gasteiger partial charge in [0, 0.05) is 21.7 Å². The topological polar surface area (TPSA) is 37.8 Å². The van der Waals surface area contributed by atoms with E-state index in [2.05, 4.69) is 49.6 Å². The summed E-state index contributed by atoms with van der Waals surface area (Å²) in [7, 11) is 0. The zero-order valence-electron chi connectivity index (χ0n) is 11.5. The van der Waals surface area contributed by atoms with Gasteiger partial charge in [-0.05, 0) is 36.8 Å². The normalized spacial score (nSPS) is 10.6. The minimum Gasteiger partial charge on any atom is -0.379 e.